The van der Waals surface area contributed by atoms with Crippen molar-refractivity contribution < 1.29 is 9.53 Å². The fraction of sp³-hybridized carbons (Fsp3) is 0.176. The number of carbonyl (C=O) groups excluding carboxylic acids is 1. The number of nitrogens with zero attached hydrogens (tertiary/aromatic N) is 4. The number of rotatable bonds is 5. The van der Waals surface area contributed by atoms with Crippen molar-refractivity contribution in [3.63, 3.8) is 0 Å². The lowest BCUT2D eigenvalue weighted by atomic mass is 10.2. The summed E-state index contributed by atoms with van der Waals surface area (Å²) in [4.78, 5) is 12.0. The summed E-state index contributed by atoms with van der Waals surface area (Å²) in [7, 11) is 0. The molecule has 0 fully saturated rings. The molecule has 0 saturated heterocycles. The predicted molar refractivity (Wildman–Crippen MR) is 89.2 cm³/mol. The van der Waals surface area contributed by atoms with Gasteiger partial charge in [0.25, 0.3) is 5.91 Å². The number of aryl methyl sites for hydroxylation is 2. The van der Waals surface area contributed by atoms with E-state index in [-0.39, 0.29) is 12.5 Å². The average Bonchev–Trinajstić information content (AvgIpc) is 3.07. The van der Waals surface area contributed by atoms with Crippen molar-refractivity contribution in [2.24, 2.45) is 0 Å². The fourth-order valence-electron chi connectivity index (χ4n) is 2.31. The molecule has 7 heteroatoms. The van der Waals surface area contributed by atoms with Gasteiger partial charge in [-0.05, 0) is 65.7 Å². The number of nitrogens with one attached hydrogen (secondary N) is 1. The molecule has 0 unspecified atom stereocenters. The van der Waals surface area contributed by atoms with Crippen molar-refractivity contribution >= 4 is 11.6 Å². The third-order valence-corrected chi connectivity index (χ3v) is 3.44. The van der Waals surface area contributed by atoms with Crippen LogP contribution < -0.4 is 10.1 Å². The molecule has 3 aromatic rings. The number of ether oxygens (including phenoxy) is 1. The summed E-state index contributed by atoms with van der Waals surface area (Å²) in [5.41, 5.74) is 3.58. The zero-order valence-corrected chi connectivity index (χ0v) is 13.4. The van der Waals surface area contributed by atoms with Crippen LogP contribution in [0.5, 0.6) is 5.75 Å². The van der Waals surface area contributed by atoms with Gasteiger partial charge < -0.3 is 10.1 Å². The van der Waals surface area contributed by atoms with Crippen LogP contribution in [0.15, 0.2) is 48.8 Å². The number of hydrogen-bond acceptors (Lipinski definition) is 5. The van der Waals surface area contributed by atoms with E-state index >= 15 is 0 Å². The van der Waals surface area contributed by atoms with E-state index in [1.807, 2.05) is 50.2 Å². The average molecular weight is 323 g/mol. The van der Waals surface area contributed by atoms with E-state index in [9.17, 15) is 4.79 Å². The number of anilines is 1. The maximum Gasteiger partial charge on any atom is 0.262 e. The molecule has 122 valence electrons. The third-order valence-electron chi connectivity index (χ3n) is 3.44. The molecule has 0 spiro atoms. The smallest absolute Gasteiger partial charge is 0.262 e. The minimum atomic E-state index is -0.217. The number of aromatic nitrogens is 4. The molecule has 3 rings (SSSR count). The Bertz CT molecular complexity index is 846. The third kappa shape index (κ3) is 3.75. The largest absolute Gasteiger partial charge is 0.484 e. The maximum absolute atomic E-state index is 12.0. The molecule has 0 radical (unpaired) electrons. The van der Waals surface area contributed by atoms with E-state index in [4.69, 9.17) is 4.74 Å². The first-order valence-electron chi connectivity index (χ1n) is 7.45. The quantitative estimate of drug-likeness (QED) is 0.779. The van der Waals surface area contributed by atoms with Crippen LogP contribution >= 0.6 is 0 Å². The Morgan fingerprint density at radius 1 is 1.21 bits per heavy atom. The molecule has 0 aliphatic carbocycles. The van der Waals surface area contributed by atoms with Gasteiger partial charge in [0, 0.05) is 5.69 Å². The topological polar surface area (TPSA) is 81.9 Å². The summed E-state index contributed by atoms with van der Waals surface area (Å²) < 4.78 is 7.06. The second-order valence-electron chi connectivity index (χ2n) is 5.41. The first-order chi connectivity index (χ1) is 11.6. The summed E-state index contributed by atoms with van der Waals surface area (Å²) in [6, 6.07) is 13.1. The summed E-state index contributed by atoms with van der Waals surface area (Å²) in [5, 5.41) is 13.9. The highest BCUT2D eigenvalue weighted by Crippen LogP contribution is 2.18. The van der Waals surface area contributed by atoms with Crippen LogP contribution in [0.4, 0.5) is 5.69 Å². The number of amides is 1. The Morgan fingerprint density at radius 3 is 2.79 bits per heavy atom. The lowest BCUT2D eigenvalue weighted by molar-refractivity contribution is -0.118. The van der Waals surface area contributed by atoms with Crippen LogP contribution in [0.3, 0.4) is 0 Å². The van der Waals surface area contributed by atoms with Gasteiger partial charge in [0.2, 0.25) is 0 Å². The summed E-state index contributed by atoms with van der Waals surface area (Å²) in [6.45, 7) is 3.86. The van der Waals surface area contributed by atoms with Gasteiger partial charge in [-0.3, -0.25) is 4.79 Å². The molecule has 1 amide bonds. The Hall–Kier alpha value is -3.22. The number of hydrogen-bond donors (Lipinski definition) is 1. The molecule has 24 heavy (non-hydrogen) atoms. The van der Waals surface area contributed by atoms with Gasteiger partial charge >= 0.3 is 0 Å². The Balaban J connectivity index is 1.61. The van der Waals surface area contributed by atoms with Crippen molar-refractivity contribution in [2.75, 3.05) is 11.9 Å². The summed E-state index contributed by atoms with van der Waals surface area (Å²) >= 11 is 0. The minimum Gasteiger partial charge on any atom is -0.484 e. The first-order valence-corrected chi connectivity index (χ1v) is 7.45. The number of benzene rings is 2. The van der Waals surface area contributed by atoms with Gasteiger partial charge in [-0.2, -0.15) is 0 Å². The van der Waals surface area contributed by atoms with Crippen molar-refractivity contribution in [3.05, 3.63) is 59.9 Å². The van der Waals surface area contributed by atoms with E-state index < -0.39 is 0 Å². The summed E-state index contributed by atoms with van der Waals surface area (Å²) in [5.74, 6) is 0.460. The van der Waals surface area contributed by atoms with Gasteiger partial charge in [0.15, 0.2) is 6.61 Å². The molecule has 0 bridgehead atoms. The molecule has 0 aliphatic heterocycles. The monoisotopic (exact) mass is 323 g/mol. The second-order valence-corrected chi connectivity index (χ2v) is 5.41. The molecule has 0 atom stereocenters. The van der Waals surface area contributed by atoms with Crippen molar-refractivity contribution in [1.82, 2.24) is 20.2 Å². The van der Waals surface area contributed by atoms with Crippen molar-refractivity contribution in [1.29, 1.82) is 0 Å². The van der Waals surface area contributed by atoms with Gasteiger partial charge in [-0.25, -0.2) is 4.68 Å². The molecule has 7 nitrogen and oxygen atoms in total. The highest BCUT2D eigenvalue weighted by molar-refractivity contribution is 5.92. The lowest BCUT2D eigenvalue weighted by Crippen LogP contribution is -2.20. The zero-order chi connectivity index (χ0) is 16.9. The standard InChI is InChI=1S/C17H17N5O2/c1-12-4-3-5-15(8-12)24-10-17(23)19-14-6-7-16(13(2)9-14)22-11-18-20-21-22/h3-9,11H,10H2,1-2H3,(H,19,23). The van der Waals surface area contributed by atoms with Crippen LogP contribution in [0.1, 0.15) is 11.1 Å². The SMILES string of the molecule is Cc1cccc(OCC(=O)Nc2ccc(-n3cnnn3)c(C)c2)c1. The maximum atomic E-state index is 12.0. The summed E-state index contributed by atoms with van der Waals surface area (Å²) in [6.07, 6.45) is 1.52. The van der Waals surface area contributed by atoms with E-state index in [0.717, 1.165) is 16.8 Å². The molecule has 1 heterocycles. The van der Waals surface area contributed by atoms with Gasteiger partial charge in [-0.15, -0.1) is 5.10 Å². The molecule has 1 aromatic heterocycles. The highest BCUT2D eigenvalue weighted by atomic mass is 16.5. The number of tetrazole rings is 1. The Kier molecular flexibility index (Phi) is 4.51. The Labute approximate surface area is 139 Å². The number of carbonyl (C=O) groups is 1. The molecule has 1 N–H and O–H groups in total. The molecular formula is C17H17N5O2. The Morgan fingerprint density at radius 2 is 2.08 bits per heavy atom. The molecule has 0 aliphatic rings. The van der Waals surface area contributed by atoms with E-state index in [2.05, 4.69) is 20.8 Å². The van der Waals surface area contributed by atoms with Crippen LogP contribution in [0.2, 0.25) is 0 Å². The van der Waals surface area contributed by atoms with Crippen LogP contribution in [-0.4, -0.2) is 32.7 Å². The van der Waals surface area contributed by atoms with Gasteiger partial charge in [-0.1, -0.05) is 12.1 Å². The fourth-order valence-corrected chi connectivity index (χ4v) is 2.31. The van der Waals surface area contributed by atoms with Crippen molar-refractivity contribution in [2.45, 2.75) is 13.8 Å². The van der Waals surface area contributed by atoms with Crippen LogP contribution in [-0.2, 0) is 4.79 Å². The van der Waals surface area contributed by atoms with E-state index in [0.29, 0.717) is 11.4 Å². The molecule has 2 aromatic carbocycles. The highest BCUT2D eigenvalue weighted by Gasteiger charge is 2.07. The normalized spacial score (nSPS) is 10.4. The van der Waals surface area contributed by atoms with E-state index in [1.54, 1.807) is 10.7 Å². The molecule has 0 saturated carbocycles. The van der Waals surface area contributed by atoms with Crippen LogP contribution in [0.25, 0.3) is 5.69 Å². The van der Waals surface area contributed by atoms with Crippen LogP contribution in [0, 0.1) is 13.8 Å². The lowest BCUT2D eigenvalue weighted by Gasteiger charge is -2.10. The zero-order valence-electron chi connectivity index (χ0n) is 13.4. The second kappa shape index (κ2) is 6.91. The predicted octanol–water partition coefficient (Wildman–Crippen LogP) is 2.30. The first kappa shape index (κ1) is 15.7. The van der Waals surface area contributed by atoms with Gasteiger partial charge in [0.05, 0.1) is 5.69 Å². The van der Waals surface area contributed by atoms with Crippen molar-refractivity contribution in [3.8, 4) is 11.4 Å². The molecular weight excluding hydrogens is 306 g/mol. The minimum absolute atomic E-state index is 0.0444. The van der Waals surface area contributed by atoms with Gasteiger partial charge in [0.1, 0.15) is 12.1 Å². The van der Waals surface area contributed by atoms with E-state index in [1.165, 1.54) is 6.33 Å².